The molecule has 4 heteroatoms. The van der Waals surface area contributed by atoms with Crippen LogP contribution in [0.2, 0.25) is 0 Å². The van der Waals surface area contributed by atoms with Gasteiger partial charge in [-0.3, -0.25) is 0 Å². The predicted molar refractivity (Wildman–Crippen MR) is 107 cm³/mol. The first kappa shape index (κ1) is 16.6. The van der Waals surface area contributed by atoms with Crippen molar-refractivity contribution in [3.8, 4) is 28.5 Å². The maximum atomic E-state index is 6.22. The van der Waals surface area contributed by atoms with Gasteiger partial charge in [-0.2, -0.15) is 0 Å². The summed E-state index contributed by atoms with van der Waals surface area (Å²) in [5.74, 6) is 3.55. The normalized spacial score (nSPS) is 14.7. The fraction of sp³-hybridized carbons (Fsp3) is 0.125. The fourth-order valence-electron chi connectivity index (χ4n) is 3.84. The van der Waals surface area contributed by atoms with Crippen molar-refractivity contribution in [1.29, 1.82) is 0 Å². The van der Waals surface area contributed by atoms with Crippen molar-refractivity contribution >= 4 is 0 Å². The molecule has 0 amide bonds. The molecule has 1 aromatic heterocycles. The first-order chi connectivity index (χ1) is 13.8. The van der Waals surface area contributed by atoms with Crippen LogP contribution in [0.15, 0.2) is 77.2 Å². The third-order valence-corrected chi connectivity index (χ3v) is 5.05. The Kier molecular flexibility index (Phi) is 3.90. The van der Waals surface area contributed by atoms with E-state index in [2.05, 4.69) is 24.3 Å². The van der Waals surface area contributed by atoms with Crippen LogP contribution in [0, 0.1) is 6.92 Å². The van der Waals surface area contributed by atoms with Crippen LogP contribution in [0.3, 0.4) is 0 Å². The average Bonchev–Trinajstić information content (AvgIpc) is 3.13. The van der Waals surface area contributed by atoms with Gasteiger partial charge < -0.3 is 13.9 Å². The van der Waals surface area contributed by atoms with Gasteiger partial charge in [-0.1, -0.05) is 60.7 Å². The molecule has 4 aromatic rings. The molecule has 1 aliphatic heterocycles. The molecule has 2 heterocycles. The Hall–Kier alpha value is -3.53. The molecule has 1 aliphatic rings. The second-order valence-corrected chi connectivity index (χ2v) is 6.76. The van der Waals surface area contributed by atoms with Gasteiger partial charge in [-0.05, 0) is 12.1 Å². The lowest BCUT2D eigenvalue weighted by molar-refractivity contribution is 0.365. The third-order valence-electron chi connectivity index (χ3n) is 5.05. The maximum absolute atomic E-state index is 6.22. The number of rotatable bonds is 3. The number of aryl methyl sites for hydroxylation is 1. The molecular weight excluding hydrogens is 350 g/mol. The zero-order chi connectivity index (χ0) is 19.1. The number of ether oxygens (including phenoxy) is 2. The zero-order valence-electron chi connectivity index (χ0n) is 15.7. The lowest BCUT2D eigenvalue weighted by atomic mass is 9.84. The monoisotopic (exact) mass is 369 g/mol. The summed E-state index contributed by atoms with van der Waals surface area (Å²) in [6.07, 6.45) is 0. The highest BCUT2D eigenvalue weighted by Gasteiger charge is 2.35. The summed E-state index contributed by atoms with van der Waals surface area (Å²) < 4.78 is 18.0. The Morgan fingerprint density at radius 1 is 0.857 bits per heavy atom. The second-order valence-electron chi connectivity index (χ2n) is 6.76. The molecule has 3 aromatic carbocycles. The summed E-state index contributed by atoms with van der Waals surface area (Å²) in [5.41, 5.74) is 3.94. The van der Waals surface area contributed by atoms with Gasteiger partial charge in [0.15, 0.2) is 17.4 Å². The van der Waals surface area contributed by atoms with E-state index in [1.54, 1.807) is 7.11 Å². The summed E-state index contributed by atoms with van der Waals surface area (Å²) in [7, 11) is 1.66. The minimum atomic E-state index is -0.133. The molecule has 0 fully saturated rings. The molecule has 4 nitrogen and oxygen atoms in total. The Labute approximate surface area is 163 Å². The van der Waals surface area contributed by atoms with Gasteiger partial charge in [0.25, 0.3) is 0 Å². The third kappa shape index (κ3) is 2.57. The van der Waals surface area contributed by atoms with E-state index in [0.717, 1.165) is 39.6 Å². The molecule has 0 spiro atoms. The van der Waals surface area contributed by atoms with E-state index in [1.807, 2.05) is 55.5 Å². The highest BCUT2D eigenvalue weighted by molar-refractivity contribution is 5.68. The lowest BCUT2D eigenvalue weighted by Crippen LogP contribution is -2.12. The van der Waals surface area contributed by atoms with Crippen molar-refractivity contribution < 1.29 is 13.9 Å². The Bertz CT molecular complexity index is 1150. The first-order valence-corrected chi connectivity index (χ1v) is 9.22. The minimum absolute atomic E-state index is 0.133. The van der Waals surface area contributed by atoms with Crippen molar-refractivity contribution in [3.05, 3.63) is 95.6 Å². The van der Waals surface area contributed by atoms with Crippen LogP contribution < -0.4 is 9.47 Å². The van der Waals surface area contributed by atoms with Crippen molar-refractivity contribution in [2.24, 2.45) is 0 Å². The quantitative estimate of drug-likeness (QED) is 0.394. The number of aromatic nitrogens is 1. The number of nitrogens with zero attached hydrogens (tertiary/aromatic N) is 1. The van der Waals surface area contributed by atoms with E-state index in [9.17, 15) is 0 Å². The molecule has 28 heavy (non-hydrogen) atoms. The van der Waals surface area contributed by atoms with Crippen LogP contribution in [-0.4, -0.2) is 12.1 Å². The molecular formula is C24H19NO3. The number of para-hydroxylation sites is 2. The van der Waals surface area contributed by atoms with Crippen molar-refractivity contribution in [2.75, 3.05) is 7.11 Å². The highest BCUT2D eigenvalue weighted by atomic mass is 16.5. The van der Waals surface area contributed by atoms with E-state index in [-0.39, 0.29) is 5.92 Å². The number of fused-ring (bicyclic) bond motifs is 2. The molecule has 0 radical (unpaired) electrons. The van der Waals surface area contributed by atoms with Gasteiger partial charge in [-0.15, -0.1) is 0 Å². The van der Waals surface area contributed by atoms with Crippen LogP contribution in [0.4, 0.5) is 0 Å². The van der Waals surface area contributed by atoms with E-state index < -0.39 is 0 Å². The summed E-state index contributed by atoms with van der Waals surface area (Å²) in [6, 6.07) is 24.1. The molecule has 0 aliphatic carbocycles. The van der Waals surface area contributed by atoms with Crippen LogP contribution in [-0.2, 0) is 0 Å². The average molecular weight is 369 g/mol. The second kappa shape index (κ2) is 6.57. The SMILES string of the molecule is COc1cccc2c1Oc1ccccc1C2c1oc(C)nc1-c1ccccc1. The van der Waals surface area contributed by atoms with Gasteiger partial charge in [-0.25, -0.2) is 4.98 Å². The van der Waals surface area contributed by atoms with Crippen LogP contribution in [0.1, 0.15) is 28.7 Å². The maximum Gasteiger partial charge on any atom is 0.191 e. The number of hydrogen-bond acceptors (Lipinski definition) is 4. The van der Waals surface area contributed by atoms with Gasteiger partial charge in [0.2, 0.25) is 0 Å². The Morgan fingerprint density at radius 3 is 2.43 bits per heavy atom. The van der Waals surface area contributed by atoms with Gasteiger partial charge >= 0.3 is 0 Å². The Balaban J connectivity index is 1.78. The molecule has 0 N–H and O–H groups in total. The molecule has 1 unspecified atom stereocenters. The summed E-state index contributed by atoms with van der Waals surface area (Å²) in [4.78, 5) is 4.71. The number of methoxy groups -OCH3 is 1. The molecule has 1 atom stereocenters. The van der Waals surface area contributed by atoms with Crippen molar-refractivity contribution in [3.63, 3.8) is 0 Å². The van der Waals surface area contributed by atoms with E-state index >= 15 is 0 Å². The van der Waals surface area contributed by atoms with Crippen molar-refractivity contribution in [2.45, 2.75) is 12.8 Å². The first-order valence-electron chi connectivity index (χ1n) is 9.22. The molecule has 138 valence electrons. The predicted octanol–water partition coefficient (Wildman–Crippen LogP) is 5.94. The fourth-order valence-corrected chi connectivity index (χ4v) is 3.84. The summed E-state index contributed by atoms with van der Waals surface area (Å²) >= 11 is 0. The van der Waals surface area contributed by atoms with Gasteiger partial charge in [0.05, 0.1) is 13.0 Å². The molecule has 0 saturated carbocycles. The lowest BCUT2D eigenvalue weighted by Gasteiger charge is -2.28. The smallest absolute Gasteiger partial charge is 0.191 e. The molecule has 0 bridgehead atoms. The molecule has 0 saturated heterocycles. The highest BCUT2D eigenvalue weighted by Crippen LogP contribution is 2.52. The van der Waals surface area contributed by atoms with Gasteiger partial charge in [0.1, 0.15) is 17.2 Å². The summed E-state index contributed by atoms with van der Waals surface area (Å²) in [6.45, 7) is 1.88. The van der Waals surface area contributed by atoms with Crippen LogP contribution in [0.25, 0.3) is 11.3 Å². The number of hydrogen-bond donors (Lipinski definition) is 0. The number of oxazole rings is 1. The van der Waals surface area contributed by atoms with Crippen molar-refractivity contribution in [1.82, 2.24) is 4.98 Å². The molecule has 5 rings (SSSR count). The van der Waals surface area contributed by atoms with E-state index in [0.29, 0.717) is 11.6 Å². The number of benzene rings is 3. The van der Waals surface area contributed by atoms with E-state index in [1.165, 1.54) is 0 Å². The largest absolute Gasteiger partial charge is 0.493 e. The van der Waals surface area contributed by atoms with Crippen LogP contribution >= 0.6 is 0 Å². The van der Waals surface area contributed by atoms with Gasteiger partial charge in [0, 0.05) is 23.6 Å². The van der Waals surface area contributed by atoms with E-state index in [4.69, 9.17) is 18.9 Å². The summed E-state index contributed by atoms with van der Waals surface area (Å²) in [5, 5.41) is 0. The zero-order valence-corrected chi connectivity index (χ0v) is 15.7. The standard InChI is InChI=1S/C24H19NO3/c1-15-25-22(16-9-4-3-5-10-16)24(27-15)21-17-11-6-7-13-19(17)28-23-18(21)12-8-14-20(23)26-2/h3-14,21H,1-2H3. The topological polar surface area (TPSA) is 44.5 Å². The minimum Gasteiger partial charge on any atom is -0.493 e. The van der Waals surface area contributed by atoms with Crippen LogP contribution in [0.5, 0.6) is 17.2 Å². The Morgan fingerprint density at radius 2 is 1.61 bits per heavy atom.